The van der Waals surface area contributed by atoms with Gasteiger partial charge in [-0.2, -0.15) is 8.42 Å². The zero-order chi connectivity index (χ0) is 28.5. The number of hydrogen-bond acceptors (Lipinski definition) is 6. The van der Waals surface area contributed by atoms with Gasteiger partial charge in [-0.1, -0.05) is 44.2 Å². The molecule has 2 aromatic carbocycles. The minimum Gasteiger partial charge on any atom is -0.481 e. The number of thiophene rings is 1. The van der Waals surface area contributed by atoms with Crippen LogP contribution >= 0.6 is 11.3 Å². The molecule has 7 nitrogen and oxygen atoms in total. The molecule has 6 rings (SSSR count). The predicted molar refractivity (Wildman–Crippen MR) is 156 cm³/mol. The number of carboxylic acids is 1. The SMILES string of the molecule is CC1(C)C2CC(CC=CCCCC(=O)O)C(NC(=O)c3csc4ccc(OS(=O)(=O)c5ccccc5)cc34)C1C2. The van der Waals surface area contributed by atoms with Crippen LogP contribution in [0.3, 0.4) is 0 Å². The van der Waals surface area contributed by atoms with Gasteiger partial charge in [-0.15, -0.1) is 11.3 Å². The Labute approximate surface area is 239 Å². The van der Waals surface area contributed by atoms with Crippen LogP contribution in [0.4, 0.5) is 0 Å². The minimum atomic E-state index is -3.99. The molecule has 3 aliphatic carbocycles. The molecule has 3 aromatic rings. The number of allylic oxidation sites excluding steroid dienone is 2. The number of benzene rings is 2. The lowest BCUT2D eigenvalue weighted by molar-refractivity contribution is -0.137. The maximum absolute atomic E-state index is 13.7. The number of fused-ring (bicyclic) bond motifs is 3. The first-order valence-electron chi connectivity index (χ1n) is 13.7. The third kappa shape index (κ3) is 5.81. The van der Waals surface area contributed by atoms with Crippen LogP contribution in [0.1, 0.15) is 62.7 Å². The van der Waals surface area contributed by atoms with Crippen LogP contribution in [0, 0.1) is 23.2 Å². The number of nitrogens with one attached hydrogen (secondary N) is 1. The van der Waals surface area contributed by atoms with Crippen LogP contribution in [-0.4, -0.2) is 31.4 Å². The monoisotopic (exact) mass is 581 g/mol. The largest absolute Gasteiger partial charge is 0.481 e. The lowest BCUT2D eigenvalue weighted by atomic mass is 9.44. The summed E-state index contributed by atoms with van der Waals surface area (Å²) < 4.78 is 31.8. The van der Waals surface area contributed by atoms with Crippen molar-refractivity contribution in [3.8, 4) is 5.75 Å². The van der Waals surface area contributed by atoms with E-state index in [0.29, 0.717) is 35.1 Å². The van der Waals surface area contributed by atoms with Gasteiger partial charge in [0.15, 0.2) is 0 Å². The van der Waals surface area contributed by atoms with Gasteiger partial charge in [0.2, 0.25) is 0 Å². The van der Waals surface area contributed by atoms with Crippen LogP contribution in [0.25, 0.3) is 10.1 Å². The zero-order valence-electron chi connectivity index (χ0n) is 22.7. The van der Waals surface area contributed by atoms with Crippen molar-refractivity contribution in [3.05, 3.63) is 71.6 Å². The van der Waals surface area contributed by atoms with Crippen molar-refractivity contribution in [2.24, 2.45) is 23.2 Å². The van der Waals surface area contributed by atoms with Crippen molar-refractivity contribution < 1.29 is 27.3 Å². The maximum Gasteiger partial charge on any atom is 0.339 e. The van der Waals surface area contributed by atoms with Gasteiger partial charge in [0, 0.05) is 27.9 Å². The maximum atomic E-state index is 13.7. The Morgan fingerprint density at radius 3 is 2.62 bits per heavy atom. The first-order chi connectivity index (χ1) is 19.1. The second-order valence-electron chi connectivity index (χ2n) is 11.5. The van der Waals surface area contributed by atoms with Crippen LogP contribution < -0.4 is 9.50 Å². The molecule has 0 spiro atoms. The van der Waals surface area contributed by atoms with Crippen molar-refractivity contribution >= 4 is 43.4 Å². The van der Waals surface area contributed by atoms with E-state index in [1.807, 2.05) is 5.38 Å². The van der Waals surface area contributed by atoms with E-state index in [9.17, 15) is 18.0 Å². The number of amides is 1. The average Bonchev–Trinajstić information content (AvgIpc) is 3.34. The number of aliphatic carboxylic acids is 1. The molecule has 2 N–H and O–H groups in total. The van der Waals surface area contributed by atoms with E-state index in [0.717, 1.165) is 30.4 Å². The molecular weight excluding hydrogens is 546 g/mol. The summed E-state index contributed by atoms with van der Waals surface area (Å²) in [5.74, 6) is 0.579. The van der Waals surface area contributed by atoms with Gasteiger partial charge in [-0.25, -0.2) is 0 Å². The quantitative estimate of drug-likeness (QED) is 0.149. The fraction of sp³-hybridized carbons (Fsp3) is 0.419. The summed E-state index contributed by atoms with van der Waals surface area (Å²) >= 11 is 1.44. The van der Waals surface area contributed by atoms with Gasteiger partial charge in [-0.3, -0.25) is 9.59 Å². The minimum absolute atomic E-state index is 0.0315. The second-order valence-corrected chi connectivity index (χ2v) is 14.0. The molecule has 212 valence electrons. The summed E-state index contributed by atoms with van der Waals surface area (Å²) in [6.45, 7) is 4.58. The topological polar surface area (TPSA) is 110 Å². The Balaban J connectivity index is 1.32. The van der Waals surface area contributed by atoms with Gasteiger partial charge >= 0.3 is 16.1 Å². The molecule has 0 saturated heterocycles. The zero-order valence-corrected chi connectivity index (χ0v) is 24.3. The van der Waals surface area contributed by atoms with Gasteiger partial charge in [0.05, 0.1) is 5.56 Å². The molecule has 3 fully saturated rings. The molecule has 2 bridgehead atoms. The molecule has 40 heavy (non-hydrogen) atoms. The predicted octanol–water partition coefficient (Wildman–Crippen LogP) is 6.65. The lowest BCUT2D eigenvalue weighted by Gasteiger charge is -2.62. The first kappa shape index (κ1) is 28.4. The second kappa shape index (κ2) is 11.4. The molecule has 9 heteroatoms. The molecule has 1 amide bonds. The molecule has 3 aliphatic rings. The van der Waals surface area contributed by atoms with Gasteiger partial charge in [0.25, 0.3) is 5.91 Å². The fourth-order valence-electron chi connectivity index (χ4n) is 6.35. The van der Waals surface area contributed by atoms with Crippen LogP contribution in [0.2, 0.25) is 0 Å². The van der Waals surface area contributed by atoms with Crippen molar-refractivity contribution in [3.63, 3.8) is 0 Å². The number of rotatable bonds is 11. The van der Waals surface area contributed by atoms with E-state index in [4.69, 9.17) is 9.29 Å². The molecule has 1 aromatic heterocycles. The van der Waals surface area contributed by atoms with E-state index >= 15 is 0 Å². The molecule has 4 unspecified atom stereocenters. The third-order valence-corrected chi connectivity index (χ3v) is 11.0. The third-order valence-electron chi connectivity index (χ3n) is 8.77. The Morgan fingerprint density at radius 1 is 1.12 bits per heavy atom. The number of unbranched alkanes of at least 4 members (excludes halogenated alkanes) is 1. The highest BCUT2D eigenvalue weighted by atomic mass is 32.2. The summed E-state index contributed by atoms with van der Waals surface area (Å²) in [7, 11) is -3.99. The van der Waals surface area contributed by atoms with E-state index in [1.54, 1.807) is 36.4 Å². The number of hydrogen-bond donors (Lipinski definition) is 2. The summed E-state index contributed by atoms with van der Waals surface area (Å²) in [6, 6.07) is 13.0. The average molecular weight is 582 g/mol. The standard InChI is InChI=1S/C31H35NO6S2/c1-31(2)21-16-20(10-6-3-4-9-13-28(33)34)29(26(31)17-21)32-30(35)25-19-39-27-15-14-22(18-24(25)27)38-40(36,37)23-11-7-5-8-12-23/h3,5-8,11-12,14-15,18-21,26,29H,4,9-10,13,16-17H2,1-2H3,(H,32,35)(H,33,34). The molecule has 0 radical (unpaired) electrons. The van der Waals surface area contributed by atoms with E-state index in [1.165, 1.54) is 23.5 Å². The van der Waals surface area contributed by atoms with Gasteiger partial charge in [0.1, 0.15) is 10.6 Å². The molecule has 4 atom stereocenters. The van der Waals surface area contributed by atoms with Crippen LogP contribution in [-0.2, 0) is 14.9 Å². The fourth-order valence-corrected chi connectivity index (χ4v) is 8.22. The number of carboxylic acid groups (broad SMARTS) is 1. The van der Waals surface area contributed by atoms with Crippen molar-refractivity contribution in [1.82, 2.24) is 5.32 Å². The Kier molecular flexibility index (Phi) is 8.06. The lowest BCUT2D eigenvalue weighted by Crippen LogP contribution is -2.63. The smallest absolute Gasteiger partial charge is 0.339 e. The molecule has 3 saturated carbocycles. The van der Waals surface area contributed by atoms with Gasteiger partial charge in [-0.05, 0) is 85.6 Å². The molecule has 0 aliphatic heterocycles. The van der Waals surface area contributed by atoms with Gasteiger partial charge < -0.3 is 14.6 Å². The first-order valence-corrected chi connectivity index (χ1v) is 16.0. The number of carbonyl (C=O) groups is 2. The Hall–Kier alpha value is -3.17. The summed E-state index contributed by atoms with van der Waals surface area (Å²) in [6.07, 6.45) is 8.73. The molecule has 1 heterocycles. The Bertz CT molecular complexity index is 1530. The van der Waals surface area contributed by atoms with Crippen LogP contribution in [0.15, 0.2) is 71.0 Å². The summed E-state index contributed by atoms with van der Waals surface area (Å²) in [4.78, 5) is 24.5. The highest BCUT2D eigenvalue weighted by Gasteiger charge is 2.57. The Morgan fingerprint density at radius 2 is 1.90 bits per heavy atom. The van der Waals surface area contributed by atoms with Crippen molar-refractivity contribution in [2.75, 3.05) is 0 Å². The number of carbonyl (C=O) groups excluding carboxylic acids is 1. The van der Waals surface area contributed by atoms with Crippen molar-refractivity contribution in [1.29, 1.82) is 0 Å². The highest BCUT2D eigenvalue weighted by molar-refractivity contribution is 7.87. The normalized spacial score (nSPS) is 23.6. The molecular formula is C31H35NO6S2. The summed E-state index contributed by atoms with van der Waals surface area (Å²) in [5.41, 5.74) is 0.688. The van der Waals surface area contributed by atoms with Crippen molar-refractivity contribution in [2.45, 2.75) is 63.3 Å². The van der Waals surface area contributed by atoms with E-state index in [2.05, 4.69) is 31.3 Å². The van der Waals surface area contributed by atoms with Crippen LogP contribution in [0.5, 0.6) is 5.75 Å². The highest BCUT2D eigenvalue weighted by Crippen LogP contribution is 2.61. The van der Waals surface area contributed by atoms with E-state index < -0.39 is 16.1 Å². The summed E-state index contributed by atoms with van der Waals surface area (Å²) in [5, 5.41) is 14.7. The van der Waals surface area contributed by atoms with E-state index in [-0.39, 0.29) is 34.4 Å².